The zero-order valence-corrected chi connectivity index (χ0v) is 19.6. The summed E-state index contributed by atoms with van der Waals surface area (Å²) in [6.45, 7) is 4.86. The lowest BCUT2D eigenvalue weighted by Gasteiger charge is -2.37. The van der Waals surface area contributed by atoms with Crippen LogP contribution in [0.3, 0.4) is 0 Å². The molecule has 12 heteroatoms. The number of ether oxygens (including phenoxy) is 1. The Balaban J connectivity index is 1.87. The number of halogens is 5. The first-order valence-corrected chi connectivity index (χ1v) is 11.1. The van der Waals surface area contributed by atoms with Gasteiger partial charge in [0.05, 0.1) is 17.3 Å². The molecule has 0 aromatic heterocycles. The molecule has 188 valence electrons. The number of carbonyl (C=O) groups is 1. The molecule has 0 radical (unpaired) electrons. The molecule has 0 unspecified atom stereocenters. The van der Waals surface area contributed by atoms with E-state index in [-0.39, 0.29) is 28.4 Å². The van der Waals surface area contributed by atoms with Gasteiger partial charge in [0.2, 0.25) is 5.90 Å². The van der Waals surface area contributed by atoms with E-state index in [1.165, 1.54) is 23.1 Å². The smallest absolute Gasteiger partial charge is 0.324 e. The summed E-state index contributed by atoms with van der Waals surface area (Å²) in [5, 5.41) is 14.7. The number of anilines is 1. The average molecular weight is 514 g/mol. The van der Waals surface area contributed by atoms with Gasteiger partial charge in [0.15, 0.2) is 0 Å². The zero-order valence-electron chi connectivity index (χ0n) is 18.8. The van der Waals surface area contributed by atoms with E-state index in [0.717, 1.165) is 24.7 Å². The maximum atomic E-state index is 14.9. The summed E-state index contributed by atoms with van der Waals surface area (Å²) >= 11 is 6.22. The number of rotatable bonds is 6. The predicted molar refractivity (Wildman–Crippen MR) is 125 cm³/mol. The van der Waals surface area contributed by atoms with E-state index in [1.807, 2.05) is 6.92 Å². The van der Waals surface area contributed by atoms with Crippen molar-refractivity contribution in [1.82, 2.24) is 9.80 Å². The van der Waals surface area contributed by atoms with Crippen molar-refractivity contribution in [2.45, 2.75) is 19.9 Å². The van der Waals surface area contributed by atoms with E-state index in [9.17, 15) is 22.4 Å². The highest BCUT2D eigenvalue weighted by Gasteiger charge is 2.28. The third-order valence-electron chi connectivity index (χ3n) is 5.58. The Morgan fingerprint density at radius 1 is 1.11 bits per heavy atom. The number of amides is 2. The number of piperazine rings is 1. The van der Waals surface area contributed by atoms with Crippen LogP contribution in [0.4, 0.5) is 28.0 Å². The third-order valence-corrected chi connectivity index (χ3v) is 5.88. The van der Waals surface area contributed by atoms with Gasteiger partial charge in [-0.3, -0.25) is 15.7 Å². The first-order valence-electron chi connectivity index (χ1n) is 10.8. The molecular weight excluding hydrogens is 490 g/mol. The fourth-order valence-corrected chi connectivity index (χ4v) is 3.85. The van der Waals surface area contributed by atoms with Crippen LogP contribution in [0.5, 0.6) is 0 Å². The Morgan fingerprint density at radius 3 is 2.37 bits per heavy atom. The van der Waals surface area contributed by atoms with Crippen molar-refractivity contribution in [3.05, 3.63) is 64.2 Å². The summed E-state index contributed by atoms with van der Waals surface area (Å²) in [4.78, 5) is 18.5. The normalized spacial score (nSPS) is 14.2. The van der Waals surface area contributed by atoms with E-state index in [4.69, 9.17) is 22.4 Å². The van der Waals surface area contributed by atoms with Crippen molar-refractivity contribution in [2.24, 2.45) is 0 Å². The van der Waals surface area contributed by atoms with Gasteiger partial charge in [0, 0.05) is 37.3 Å². The van der Waals surface area contributed by atoms with Gasteiger partial charge in [-0.05, 0) is 36.9 Å². The first-order chi connectivity index (χ1) is 16.6. The molecule has 3 rings (SSSR count). The lowest BCUT2D eigenvalue weighted by atomic mass is 10.1. The quantitative estimate of drug-likeness (QED) is 0.325. The lowest BCUT2D eigenvalue weighted by molar-refractivity contribution is 0.147. The summed E-state index contributed by atoms with van der Waals surface area (Å²) in [6, 6.07) is 6.54. The number of benzene rings is 2. The number of carbonyl (C=O) groups excluding carboxylic acids is 1. The summed E-state index contributed by atoms with van der Waals surface area (Å²) in [6.07, 6.45) is -3.21. The maximum absolute atomic E-state index is 14.9. The Morgan fingerprint density at radius 2 is 1.80 bits per heavy atom. The first kappa shape index (κ1) is 26.4. The standard InChI is InChI=1S/C23H24ClF4N5O2/c1-2-31-7-9-32(10-8-31)23(34)33(19-6-5-16(25)12-17(19)24)13-15-4-3-14(11-18(15)26)21(29)35-22(30)20(27)28/h3-6,11-12,20,29-30H,2,7-10,13H2,1H3. The predicted octanol–water partition coefficient (Wildman–Crippen LogP) is 4.97. The number of likely N-dealkylation sites (N-methyl/N-ethyl adjacent to an activating group) is 1. The molecular formula is C23H24ClF4N5O2. The number of hydrogen-bond acceptors (Lipinski definition) is 5. The van der Waals surface area contributed by atoms with Crippen LogP contribution in [-0.4, -0.2) is 66.8 Å². The van der Waals surface area contributed by atoms with Crippen LogP contribution in [-0.2, 0) is 11.3 Å². The molecule has 1 saturated heterocycles. The van der Waals surface area contributed by atoms with Crippen LogP contribution >= 0.6 is 11.6 Å². The van der Waals surface area contributed by atoms with Crippen LogP contribution in [0.2, 0.25) is 5.02 Å². The van der Waals surface area contributed by atoms with Gasteiger partial charge in [-0.1, -0.05) is 24.6 Å². The Kier molecular flexibility index (Phi) is 8.68. The topological polar surface area (TPSA) is 83.7 Å². The van der Waals surface area contributed by atoms with E-state index in [2.05, 4.69) is 9.64 Å². The molecule has 0 spiro atoms. The number of hydrogen-bond donors (Lipinski definition) is 2. The Bertz CT molecular complexity index is 1110. The highest BCUT2D eigenvalue weighted by molar-refractivity contribution is 6.33. The molecule has 1 aliphatic rings. The molecule has 1 aliphatic heterocycles. The van der Waals surface area contributed by atoms with Crippen LogP contribution in [0.25, 0.3) is 0 Å². The Labute approximate surface area is 204 Å². The minimum Gasteiger partial charge on any atom is -0.419 e. The minimum atomic E-state index is -3.21. The third kappa shape index (κ3) is 6.49. The number of nitrogens with zero attached hydrogens (tertiary/aromatic N) is 3. The molecule has 2 amide bonds. The van der Waals surface area contributed by atoms with Crippen LogP contribution < -0.4 is 4.90 Å². The maximum Gasteiger partial charge on any atom is 0.324 e. The lowest BCUT2D eigenvalue weighted by Crippen LogP contribution is -2.52. The van der Waals surface area contributed by atoms with E-state index in [0.29, 0.717) is 26.2 Å². The van der Waals surface area contributed by atoms with Crippen LogP contribution in [0.15, 0.2) is 36.4 Å². The summed E-state index contributed by atoms with van der Waals surface area (Å²) in [7, 11) is 0. The van der Waals surface area contributed by atoms with Crippen molar-refractivity contribution in [2.75, 3.05) is 37.6 Å². The average Bonchev–Trinajstić information content (AvgIpc) is 2.83. The van der Waals surface area contributed by atoms with Gasteiger partial charge < -0.3 is 14.5 Å². The fourth-order valence-electron chi connectivity index (χ4n) is 3.58. The number of nitrogens with one attached hydrogen (secondary N) is 2. The second-order valence-corrected chi connectivity index (χ2v) is 8.20. The van der Waals surface area contributed by atoms with Crippen LogP contribution in [0, 0.1) is 22.5 Å². The van der Waals surface area contributed by atoms with Gasteiger partial charge in [0.25, 0.3) is 5.90 Å². The van der Waals surface area contributed by atoms with Gasteiger partial charge in [0.1, 0.15) is 11.6 Å². The van der Waals surface area contributed by atoms with Gasteiger partial charge >= 0.3 is 12.5 Å². The molecule has 0 saturated carbocycles. The van der Waals surface area contributed by atoms with Crippen molar-refractivity contribution >= 4 is 35.1 Å². The number of urea groups is 1. The van der Waals surface area contributed by atoms with Crippen LogP contribution in [0.1, 0.15) is 18.1 Å². The van der Waals surface area contributed by atoms with Crippen molar-refractivity contribution in [3.63, 3.8) is 0 Å². The van der Waals surface area contributed by atoms with Crippen molar-refractivity contribution < 1.29 is 27.1 Å². The second-order valence-electron chi connectivity index (χ2n) is 7.79. The molecule has 0 atom stereocenters. The van der Waals surface area contributed by atoms with Crippen molar-refractivity contribution in [1.29, 1.82) is 10.8 Å². The highest BCUT2D eigenvalue weighted by atomic mass is 35.5. The largest absolute Gasteiger partial charge is 0.419 e. The zero-order chi connectivity index (χ0) is 25.7. The van der Waals surface area contributed by atoms with Gasteiger partial charge in [-0.2, -0.15) is 8.78 Å². The molecule has 0 bridgehead atoms. The minimum absolute atomic E-state index is 0.0248. The highest BCUT2D eigenvalue weighted by Crippen LogP contribution is 2.30. The Hall–Kier alpha value is -3.18. The SMILES string of the molecule is CCN1CCN(C(=O)N(Cc2ccc(C(=N)OC(=N)C(F)F)cc2F)c2ccc(F)cc2Cl)CC1. The molecule has 2 N–H and O–H groups in total. The van der Waals surface area contributed by atoms with E-state index < -0.39 is 35.9 Å². The summed E-state index contributed by atoms with van der Waals surface area (Å²) in [5.74, 6) is -3.66. The molecule has 2 aromatic carbocycles. The number of alkyl halides is 2. The van der Waals surface area contributed by atoms with Gasteiger partial charge in [-0.25, -0.2) is 13.6 Å². The monoisotopic (exact) mass is 513 g/mol. The summed E-state index contributed by atoms with van der Waals surface area (Å²) < 4.78 is 58.0. The second kappa shape index (κ2) is 11.5. The molecule has 7 nitrogen and oxygen atoms in total. The molecule has 1 heterocycles. The molecule has 35 heavy (non-hydrogen) atoms. The van der Waals surface area contributed by atoms with E-state index >= 15 is 0 Å². The van der Waals surface area contributed by atoms with Gasteiger partial charge in [-0.15, -0.1) is 0 Å². The van der Waals surface area contributed by atoms with E-state index in [1.54, 1.807) is 4.90 Å². The molecule has 1 fully saturated rings. The molecule has 0 aliphatic carbocycles. The van der Waals surface area contributed by atoms with Crippen molar-refractivity contribution in [3.8, 4) is 0 Å². The fraction of sp³-hybridized carbons (Fsp3) is 0.348. The molecule has 2 aromatic rings. The summed E-state index contributed by atoms with van der Waals surface area (Å²) in [5.41, 5.74) is 0.0809.